The number of benzene rings is 1. The van der Waals surface area contributed by atoms with E-state index in [2.05, 4.69) is 11.1 Å². The van der Waals surface area contributed by atoms with Crippen LogP contribution < -0.4 is 4.74 Å². The van der Waals surface area contributed by atoms with E-state index in [9.17, 15) is 4.79 Å². The monoisotopic (exact) mass is 231 g/mol. The molecule has 90 valence electrons. The predicted molar refractivity (Wildman–Crippen MR) is 66.1 cm³/mol. The van der Waals surface area contributed by atoms with Crippen molar-refractivity contribution in [2.24, 2.45) is 4.99 Å². The van der Waals surface area contributed by atoms with Gasteiger partial charge in [0, 0.05) is 5.92 Å². The summed E-state index contributed by atoms with van der Waals surface area (Å²) in [5.41, 5.74) is 1.22. The van der Waals surface area contributed by atoms with Gasteiger partial charge in [0.15, 0.2) is 0 Å². The zero-order valence-electron chi connectivity index (χ0n) is 10.1. The molecule has 0 aromatic heterocycles. The Hall–Kier alpha value is -1.60. The van der Waals surface area contributed by atoms with Crippen molar-refractivity contribution in [3.05, 3.63) is 29.8 Å². The van der Waals surface area contributed by atoms with E-state index in [1.54, 1.807) is 13.2 Å². The molecule has 0 radical (unpaired) electrons. The molecular weight excluding hydrogens is 214 g/mol. The highest BCUT2D eigenvalue weighted by atomic mass is 16.5. The molecule has 2 rings (SSSR count). The zero-order valence-corrected chi connectivity index (χ0v) is 10.1. The van der Waals surface area contributed by atoms with Gasteiger partial charge in [0.2, 0.25) is 6.08 Å². The molecule has 0 saturated heterocycles. The standard InChI is InChI=1S/C14H17NO2/c1-17-12-6-4-5-11(9-12)13-7-2-3-8-14(13)15-10-16/h4-6,9,13-14H,2-3,7-8H2,1H3/t13-,14+/m1/s1. The smallest absolute Gasteiger partial charge is 0.235 e. The van der Waals surface area contributed by atoms with Crippen molar-refractivity contribution in [3.63, 3.8) is 0 Å². The number of hydrogen-bond donors (Lipinski definition) is 0. The number of ether oxygens (including phenoxy) is 1. The molecule has 1 aromatic rings. The highest BCUT2D eigenvalue weighted by Crippen LogP contribution is 2.35. The highest BCUT2D eigenvalue weighted by Gasteiger charge is 2.26. The first-order valence-corrected chi connectivity index (χ1v) is 6.06. The van der Waals surface area contributed by atoms with Crippen molar-refractivity contribution in [1.29, 1.82) is 0 Å². The molecule has 0 bridgehead atoms. The fourth-order valence-corrected chi connectivity index (χ4v) is 2.59. The molecule has 0 amide bonds. The Kier molecular flexibility index (Phi) is 3.94. The quantitative estimate of drug-likeness (QED) is 0.592. The molecule has 1 aliphatic carbocycles. The van der Waals surface area contributed by atoms with Crippen LogP contribution in [0, 0.1) is 0 Å². The van der Waals surface area contributed by atoms with Gasteiger partial charge in [-0.15, -0.1) is 0 Å². The fraction of sp³-hybridized carbons (Fsp3) is 0.500. The lowest BCUT2D eigenvalue weighted by atomic mass is 9.80. The second kappa shape index (κ2) is 5.65. The molecule has 1 aliphatic rings. The second-order valence-corrected chi connectivity index (χ2v) is 4.46. The maximum Gasteiger partial charge on any atom is 0.235 e. The third kappa shape index (κ3) is 2.75. The van der Waals surface area contributed by atoms with Gasteiger partial charge in [0.05, 0.1) is 13.2 Å². The molecule has 17 heavy (non-hydrogen) atoms. The Morgan fingerprint density at radius 1 is 1.35 bits per heavy atom. The van der Waals surface area contributed by atoms with Crippen LogP contribution in [-0.2, 0) is 4.79 Å². The number of methoxy groups -OCH3 is 1. The Morgan fingerprint density at radius 3 is 2.94 bits per heavy atom. The van der Waals surface area contributed by atoms with Crippen LogP contribution in [0.4, 0.5) is 0 Å². The van der Waals surface area contributed by atoms with Crippen LogP contribution in [0.5, 0.6) is 5.75 Å². The minimum absolute atomic E-state index is 0.0911. The summed E-state index contributed by atoms with van der Waals surface area (Å²) in [5.74, 6) is 1.20. The summed E-state index contributed by atoms with van der Waals surface area (Å²) >= 11 is 0. The van der Waals surface area contributed by atoms with E-state index in [4.69, 9.17) is 4.74 Å². The van der Waals surface area contributed by atoms with Crippen LogP contribution in [0.15, 0.2) is 29.3 Å². The number of rotatable bonds is 3. The van der Waals surface area contributed by atoms with E-state index in [1.807, 2.05) is 18.2 Å². The molecular formula is C14H17NO2. The largest absolute Gasteiger partial charge is 0.497 e. The first kappa shape index (κ1) is 11.9. The summed E-state index contributed by atoms with van der Waals surface area (Å²) in [6, 6.07) is 8.15. The van der Waals surface area contributed by atoms with Crippen molar-refractivity contribution in [1.82, 2.24) is 0 Å². The SMILES string of the molecule is COc1cccc([C@H]2CCCC[C@@H]2N=C=O)c1. The normalized spacial score (nSPS) is 23.8. The number of nitrogens with zero attached hydrogens (tertiary/aromatic N) is 1. The fourth-order valence-electron chi connectivity index (χ4n) is 2.59. The van der Waals surface area contributed by atoms with Gasteiger partial charge in [-0.2, -0.15) is 0 Å². The van der Waals surface area contributed by atoms with Gasteiger partial charge in [-0.3, -0.25) is 0 Å². The van der Waals surface area contributed by atoms with Gasteiger partial charge in [0.25, 0.3) is 0 Å². The van der Waals surface area contributed by atoms with E-state index >= 15 is 0 Å². The van der Waals surface area contributed by atoms with Gasteiger partial charge in [-0.25, -0.2) is 9.79 Å². The van der Waals surface area contributed by atoms with Crippen molar-refractivity contribution >= 4 is 6.08 Å². The van der Waals surface area contributed by atoms with Gasteiger partial charge >= 0.3 is 0 Å². The number of carbonyl (C=O) groups excluding carboxylic acids is 1. The Morgan fingerprint density at radius 2 is 2.18 bits per heavy atom. The summed E-state index contributed by atoms with van der Waals surface area (Å²) in [6.07, 6.45) is 6.13. The number of hydrogen-bond acceptors (Lipinski definition) is 3. The number of isocyanates is 1. The average Bonchev–Trinajstić information content (AvgIpc) is 2.40. The van der Waals surface area contributed by atoms with Crippen LogP contribution in [0.2, 0.25) is 0 Å². The lowest BCUT2D eigenvalue weighted by Gasteiger charge is -2.28. The van der Waals surface area contributed by atoms with Crippen molar-refractivity contribution in [2.75, 3.05) is 7.11 Å². The molecule has 1 saturated carbocycles. The summed E-state index contributed by atoms with van der Waals surface area (Å²) in [6.45, 7) is 0. The minimum Gasteiger partial charge on any atom is -0.497 e. The van der Waals surface area contributed by atoms with Crippen molar-refractivity contribution in [2.45, 2.75) is 37.6 Å². The molecule has 0 spiro atoms. The van der Waals surface area contributed by atoms with E-state index in [0.29, 0.717) is 5.92 Å². The summed E-state index contributed by atoms with van der Waals surface area (Å²) in [5, 5.41) is 0. The lowest BCUT2D eigenvalue weighted by Crippen LogP contribution is -2.21. The van der Waals surface area contributed by atoms with Gasteiger partial charge < -0.3 is 4.74 Å². The van der Waals surface area contributed by atoms with Crippen LogP contribution in [0.25, 0.3) is 0 Å². The molecule has 1 fully saturated rings. The van der Waals surface area contributed by atoms with Crippen LogP contribution in [0.3, 0.4) is 0 Å². The zero-order chi connectivity index (χ0) is 12.1. The van der Waals surface area contributed by atoms with Gasteiger partial charge in [0.1, 0.15) is 5.75 Å². The predicted octanol–water partition coefficient (Wildman–Crippen LogP) is 3.06. The third-order valence-electron chi connectivity index (χ3n) is 3.47. The first-order valence-electron chi connectivity index (χ1n) is 6.06. The minimum atomic E-state index is 0.0911. The van der Waals surface area contributed by atoms with Gasteiger partial charge in [-0.1, -0.05) is 25.0 Å². The maximum absolute atomic E-state index is 10.5. The Labute approximate surface area is 102 Å². The first-order chi connectivity index (χ1) is 8.35. The average molecular weight is 231 g/mol. The molecule has 0 aliphatic heterocycles. The molecule has 0 N–H and O–H groups in total. The van der Waals surface area contributed by atoms with E-state index in [1.165, 1.54) is 12.0 Å². The molecule has 3 nitrogen and oxygen atoms in total. The van der Waals surface area contributed by atoms with E-state index < -0.39 is 0 Å². The summed E-state index contributed by atoms with van der Waals surface area (Å²) in [7, 11) is 1.67. The summed E-state index contributed by atoms with van der Waals surface area (Å²) < 4.78 is 5.23. The maximum atomic E-state index is 10.5. The highest BCUT2D eigenvalue weighted by molar-refractivity contribution is 5.36. The van der Waals surface area contributed by atoms with Crippen molar-refractivity contribution in [3.8, 4) is 5.75 Å². The molecule has 0 unspecified atom stereocenters. The van der Waals surface area contributed by atoms with Crippen LogP contribution >= 0.6 is 0 Å². The summed E-state index contributed by atoms with van der Waals surface area (Å²) in [4.78, 5) is 14.4. The second-order valence-electron chi connectivity index (χ2n) is 4.46. The molecule has 3 heteroatoms. The lowest BCUT2D eigenvalue weighted by molar-refractivity contribution is 0.381. The molecule has 2 atom stereocenters. The van der Waals surface area contributed by atoms with Crippen LogP contribution in [0.1, 0.15) is 37.2 Å². The Balaban J connectivity index is 2.25. The molecule has 1 aromatic carbocycles. The number of aliphatic imine (C=N–C) groups is 1. The molecule has 0 heterocycles. The van der Waals surface area contributed by atoms with E-state index in [0.717, 1.165) is 25.0 Å². The van der Waals surface area contributed by atoms with Crippen LogP contribution in [-0.4, -0.2) is 19.2 Å². The van der Waals surface area contributed by atoms with E-state index in [-0.39, 0.29) is 6.04 Å². The topological polar surface area (TPSA) is 38.7 Å². The van der Waals surface area contributed by atoms with Gasteiger partial charge in [-0.05, 0) is 30.5 Å². The Bertz CT molecular complexity index is 424. The third-order valence-corrected chi connectivity index (χ3v) is 3.47. The van der Waals surface area contributed by atoms with Crippen molar-refractivity contribution < 1.29 is 9.53 Å².